The van der Waals surface area contributed by atoms with Crippen LogP contribution in [0.2, 0.25) is 0 Å². The number of fused-ring (bicyclic) bond motifs is 1. The maximum absolute atomic E-state index is 13.8. The number of sulfonamides is 1. The van der Waals surface area contributed by atoms with Crippen LogP contribution >= 0.6 is 0 Å². The number of halogens is 2. The van der Waals surface area contributed by atoms with Gasteiger partial charge in [0.25, 0.3) is 0 Å². The van der Waals surface area contributed by atoms with Crippen LogP contribution in [0.4, 0.5) is 14.5 Å². The van der Waals surface area contributed by atoms with E-state index in [1.165, 1.54) is 14.0 Å². The minimum absolute atomic E-state index is 0.150. The Balaban J connectivity index is 1.93. The first-order valence-electron chi connectivity index (χ1n) is 9.94. The molecule has 10 heteroatoms. The number of carbonyl (C=O) groups is 1. The van der Waals surface area contributed by atoms with Gasteiger partial charge in [0.05, 0.1) is 25.1 Å². The van der Waals surface area contributed by atoms with Crippen molar-refractivity contribution in [3.05, 3.63) is 53.6 Å². The summed E-state index contributed by atoms with van der Waals surface area (Å²) in [6.07, 6.45) is 1.32. The number of nitrogens with one attached hydrogen (secondary N) is 1. The maximum atomic E-state index is 13.8. The van der Waals surface area contributed by atoms with Crippen LogP contribution in [0.5, 0.6) is 11.5 Å². The summed E-state index contributed by atoms with van der Waals surface area (Å²) in [6, 6.07) is 6.22. The number of benzene rings is 2. The van der Waals surface area contributed by atoms with Crippen molar-refractivity contribution in [1.29, 1.82) is 0 Å². The average Bonchev–Trinajstić information content (AvgIpc) is 2.68. The van der Waals surface area contributed by atoms with E-state index in [4.69, 9.17) is 9.47 Å². The fourth-order valence-electron chi connectivity index (χ4n) is 3.81. The molecule has 0 spiro atoms. The van der Waals surface area contributed by atoms with Crippen molar-refractivity contribution >= 4 is 21.6 Å². The molecule has 0 fully saturated rings. The van der Waals surface area contributed by atoms with Crippen molar-refractivity contribution in [1.82, 2.24) is 5.32 Å². The highest BCUT2D eigenvalue weighted by Crippen LogP contribution is 2.41. The lowest BCUT2D eigenvalue weighted by molar-refractivity contribution is -0.123. The molecule has 0 saturated heterocycles. The van der Waals surface area contributed by atoms with Crippen molar-refractivity contribution in [3.63, 3.8) is 0 Å². The zero-order valence-corrected chi connectivity index (χ0v) is 19.3. The van der Waals surface area contributed by atoms with Crippen LogP contribution in [-0.4, -0.2) is 39.3 Å². The zero-order valence-electron chi connectivity index (χ0n) is 18.5. The standard InChI is InChI=1S/C22H26F2N2O5S/c1-13(26(32(5,28)29)14-6-8-17(23)18(24)10-14)21(27)25-19-12-22(2,3)31-20-9-7-15(30-4)11-16(19)20/h6-11,13,19H,12H2,1-5H3,(H,25,27)/t13-,19-/m0/s1. The quantitative estimate of drug-likeness (QED) is 0.701. The second-order valence-electron chi connectivity index (χ2n) is 8.36. The van der Waals surface area contributed by atoms with Crippen molar-refractivity contribution in [2.24, 2.45) is 0 Å². The minimum Gasteiger partial charge on any atom is -0.497 e. The smallest absolute Gasteiger partial charge is 0.244 e. The number of methoxy groups -OCH3 is 1. The molecule has 1 heterocycles. The predicted octanol–water partition coefficient (Wildman–Crippen LogP) is 3.55. The third-order valence-electron chi connectivity index (χ3n) is 5.24. The Kier molecular flexibility index (Phi) is 6.37. The predicted molar refractivity (Wildman–Crippen MR) is 116 cm³/mol. The molecule has 3 rings (SSSR count). The molecule has 32 heavy (non-hydrogen) atoms. The van der Waals surface area contributed by atoms with E-state index in [0.717, 1.165) is 28.8 Å². The first-order valence-corrected chi connectivity index (χ1v) is 11.8. The van der Waals surface area contributed by atoms with Gasteiger partial charge in [0.15, 0.2) is 11.6 Å². The van der Waals surface area contributed by atoms with E-state index in [9.17, 15) is 22.0 Å². The van der Waals surface area contributed by atoms with Crippen LogP contribution in [0.3, 0.4) is 0 Å². The Hall–Kier alpha value is -2.88. The third kappa shape index (κ3) is 4.95. The van der Waals surface area contributed by atoms with Crippen LogP contribution < -0.4 is 19.1 Å². The molecule has 174 valence electrons. The monoisotopic (exact) mass is 468 g/mol. The summed E-state index contributed by atoms with van der Waals surface area (Å²) in [5, 5.41) is 2.88. The van der Waals surface area contributed by atoms with Gasteiger partial charge >= 0.3 is 0 Å². The fourth-order valence-corrected chi connectivity index (χ4v) is 4.98. The average molecular weight is 469 g/mol. The van der Waals surface area contributed by atoms with Gasteiger partial charge in [-0.1, -0.05) is 0 Å². The van der Waals surface area contributed by atoms with Crippen LogP contribution in [0.25, 0.3) is 0 Å². The van der Waals surface area contributed by atoms with Gasteiger partial charge in [0, 0.05) is 18.1 Å². The van der Waals surface area contributed by atoms with E-state index in [-0.39, 0.29) is 5.69 Å². The van der Waals surface area contributed by atoms with Gasteiger partial charge in [0.2, 0.25) is 15.9 Å². The molecule has 2 aromatic rings. The second-order valence-corrected chi connectivity index (χ2v) is 10.2. The molecule has 0 unspecified atom stereocenters. The number of carbonyl (C=O) groups excluding carboxylic acids is 1. The third-order valence-corrected chi connectivity index (χ3v) is 6.48. The van der Waals surface area contributed by atoms with E-state index < -0.39 is 45.2 Å². The molecule has 2 aromatic carbocycles. The molecular formula is C22H26F2N2O5S. The second kappa shape index (κ2) is 8.57. The first kappa shape index (κ1) is 23.8. The first-order chi connectivity index (χ1) is 14.8. The highest BCUT2D eigenvalue weighted by molar-refractivity contribution is 7.92. The summed E-state index contributed by atoms with van der Waals surface area (Å²) >= 11 is 0. The number of nitrogens with zero attached hydrogens (tertiary/aromatic N) is 1. The van der Waals surface area contributed by atoms with E-state index in [0.29, 0.717) is 23.5 Å². The van der Waals surface area contributed by atoms with Gasteiger partial charge in [-0.25, -0.2) is 17.2 Å². The molecule has 1 aliphatic heterocycles. The molecule has 1 amide bonds. The van der Waals surface area contributed by atoms with Gasteiger partial charge < -0.3 is 14.8 Å². The van der Waals surface area contributed by atoms with Crippen molar-refractivity contribution in [3.8, 4) is 11.5 Å². The summed E-state index contributed by atoms with van der Waals surface area (Å²) in [5.74, 6) is -1.76. The van der Waals surface area contributed by atoms with Crippen molar-refractivity contribution < 1.29 is 31.5 Å². The number of anilines is 1. The van der Waals surface area contributed by atoms with Crippen LogP contribution in [0, 0.1) is 11.6 Å². The Labute approximate surface area is 186 Å². The number of hydrogen-bond acceptors (Lipinski definition) is 5. The molecular weight excluding hydrogens is 442 g/mol. The Morgan fingerprint density at radius 2 is 1.91 bits per heavy atom. The summed E-state index contributed by atoms with van der Waals surface area (Å²) in [5.41, 5.74) is -0.0364. The highest BCUT2D eigenvalue weighted by Gasteiger charge is 2.37. The molecule has 2 atom stereocenters. The van der Waals surface area contributed by atoms with Crippen molar-refractivity contribution in [2.75, 3.05) is 17.7 Å². The largest absolute Gasteiger partial charge is 0.497 e. The number of rotatable bonds is 6. The van der Waals surface area contributed by atoms with E-state index >= 15 is 0 Å². The maximum Gasteiger partial charge on any atom is 0.244 e. The molecule has 1 aliphatic rings. The van der Waals surface area contributed by atoms with Gasteiger partial charge in [-0.2, -0.15) is 0 Å². The van der Waals surface area contributed by atoms with Gasteiger partial charge in [0.1, 0.15) is 23.1 Å². The van der Waals surface area contributed by atoms with Crippen molar-refractivity contribution in [2.45, 2.75) is 44.9 Å². The summed E-state index contributed by atoms with van der Waals surface area (Å²) in [6.45, 7) is 5.15. The summed E-state index contributed by atoms with van der Waals surface area (Å²) < 4.78 is 64.0. The normalized spacial score (nSPS) is 18.2. The SMILES string of the molecule is COc1ccc2c(c1)[C@@H](NC(=O)[C@H](C)N(c1ccc(F)c(F)c1)S(C)(=O)=O)CC(C)(C)O2. The minimum atomic E-state index is -3.99. The van der Waals surface area contributed by atoms with Crippen LogP contribution in [0.15, 0.2) is 36.4 Å². The number of hydrogen-bond donors (Lipinski definition) is 1. The number of ether oxygens (including phenoxy) is 2. The lowest BCUT2D eigenvalue weighted by atomic mass is 9.89. The van der Waals surface area contributed by atoms with Gasteiger partial charge in [-0.3, -0.25) is 9.10 Å². The Morgan fingerprint density at radius 1 is 1.22 bits per heavy atom. The van der Waals surface area contributed by atoms with E-state index in [1.54, 1.807) is 18.2 Å². The molecule has 0 radical (unpaired) electrons. The Morgan fingerprint density at radius 3 is 2.50 bits per heavy atom. The van der Waals surface area contributed by atoms with Crippen LogP contribution in [-0.2, 0) is 14.8 Å². The van der Waals surface area contributed by atoms with Gasteiger partial charge in [-0.05, 0) is 51.1 Å². The lowest BCUT2D eigenvalue weighted by Crippen LogP contribution is -2.50. The molecule has 0 aliphatic carbocycles. The molecule has 0 bridgehead atoms. The molecule has 0 saturated carbocycles. The van der Waals surface area contributed by atoms with E-state index in [1.807, 2.05) is 13.8 Å². The molecule has 1 N–H and O–H groups in total. The van der Waals surface area contributed by atoms with Crippen LogP contribution in [0.1, 0.15) is 38.8 Å². The fraction of sp³-hybridized carbons (Fsp3) is 0.409. The number of amides is 1. The van der Waals surface area contributed by atoms with Gasteiger partial charge in [-0.15, -0.1) is 0 Å². The molecule has 7 nitrogen and oxygen atoms in total. The Bertz CT molecular complexity index is 1140. The summed E-state index contributed by atoms with van der Waals surface area (Å²) in [4.78, 5) is 13.1. The van der Waals surface area contributed by atoms with E-state index in [2.05, 4.69) is 5.32 Å². The summed E-state index contributed by atoms with van der Waals surface area (Å²) in [7, 11) is -2.46. The topological polar surface area (TPSA) is 84.9 Å². The highest BCUT2D eigenvalue weighted by atomic mass is 32.2. The molecule has 0 aromatic heterocycles. The lowest BCUT2D eigenvalue weighted by Gasteiger charge is -2.39. The zero-order chi connectivity index (χ0) is 23.8.